The van der Waals surface area contributed by atoms with Crippen molar-refractivity contribution in [3.63, 3.8) is 0 Å². The van der Waals surface area contributed by atoms with Crippen LogP contribution in [0.2, 0.25) is 0 Å². The first kappa shape index (κ1) is 17.3. The van der Waals surface area contributed by atoms with Crippen LogP contribution < -0.4 is 0 Å². The van der Waals surface area contributed by atoms with Crippen molar-refractivity contribution in [3.8, 4) is 0 Å². The summed E-state index contributed by atoms with van der Waals surface area (Å²) in [4.78, 5) is 6.05. The van der Waals surface area contributed by atoms with Gasteiger partial charge in [-0.25, -0.2) is 0 Å². The normalized spacial score (nSPS) is 21.3. The number of likely N-dealkylation sites (tertiary alicyclic amines) is 1. The number of fused-ring (bicyclic) bond motifs is 1. The Morgan fingerprint density at radius 2 is 1.85 bits per heavy atom. The summed E-state index contributed by atoms with van der Waals surface area (Å²) in [6, 6.07) is 21.4. The maximum atomic E-state index is 10.2. The molecule has 0 aliphatic carbocycles. The third-order valence-corrected chi connectivity index (χ3v) is 5.84. The highest BCUT2D eigenvalue weighted by Crippen LogP contribution is 2.35. The fourth-order valence-electron chi connectivity index (χ4n) is 4.37. The number of aromatic nitrogens is 1. The molecule has 0 radical (unpaired) electrons. The van der Waals surface area contributed by atoms with E-state index >= 15 is 0 Å². The fourth-order valence-corrected chi connectivity index (χ4v) is 4.37. The van der Waals surface area contributed by atoms with Crippen molar-refractivity contribution < 1.29 is 5.11 Å². The molecule has 3 nitrogen and oxygen atoms in total. The Morgan fingerprint density at radius 1 is 1.04 bits per heavy atom. The van der Waals surface area contributed by atoms with Gasteiger partial charge in [-0.2, -0.15) is 0 Å². The summed E-state index contributed by atoms with van der Waals surface area (Å²) >= 11 is 0. The predicted octanol–water partition coefficient (Wildman–Crippen LogP) is 4.38. The second-order valence-corrected chi connectivity index (χ2v) is 7.84. The first-order chi connectivity index (χ1) is 12.8. The largest absolute Gasteiger partial charge is 0.396 e. The average Bonchev–Trinajstić information content (AvgIpc) is 3.10. The molecule has 1 aliphatic rings. The molecule has 1 fully saturated rings. The van der Waals surface area contributed by atoms with Gasteiger partial charge in [0.05, 0.1) is 0 Å². The minimum atomic E-state index is 0.0279. The first-order valence-corrected chi connectivity index (χ1v) is 9.70. The molecule has 4 rings (SSSR count). The summed E-state index contributed by atoms with van der Waals surface area (Å²) < 4.78 is 0. The number of hydrogen-bond acceptors (Lipinski definition) is 2. The summed E-state index contributed by atoms with van der Waals surface area (Å²) in [6.45, 7) is 3.30. The number of H-pyrrole nitrogens is 1. The lowest BCUT2D eigenvalue weighted by atomic mass is 9.76. The highest BCUT2D eigenvalue weighted by atomic mass is 16.3. The summed E-state index contributed by atoms with van der Waals surface area (Å²) in [7, 11) is 0. The monoisotopic (exact) mass is 348 g/mol. The van der Waals surface area contributed by atoms with Gasteiger partial charge in [-0.15, -0.1) is 0 Å². The van der Waals surface area contributed by atoms with Crippen LogP contribution in [0.5, 0.6) is 0 Å². The summed E-state index contributed by atoms with van der Waals surface area (Å²) in [6.07, 6.45) is 4.38. The van der Waals surface area contributed by atoms with Crippen LogP contribution in [0.25, 0.3) is 10.9 Å². The molecule has 1 aromatic heterocycles. The van der Waals surface area contributed by atoms with E-state index in [1.807, 2.05) is 0 Å². The standard InChI is InChI=1S/C23H28N2O/c26-18-23(13-11-19-7-2-1-3-8-19)12-6-14-25(17-23)16-21-15-20-9-4-5-10-22(20)24-21/h1-5,7-10,15,24,26H,6,11-14,16-18H2. The van der Waals surface area contributed by atoms with Crippen molar-refractivity contribution in [1.82, 2.24) is 9.88 Å². The van der Waals surface area contributed by atoms with Crippen LogP contribution in [0.1, 0.15) is 30.5 Å². The SMILES string of the molecule is OCC1(CCc2ccccc2)CCCN(Cc2cc3ccccc3[nH]2)C1. The number of benzene rings is 2. The van der Waals surface area contributed by atoms with Crippen LogP contribution in [0.3, 0.4) is 0 Å². The van der Waals surface area contributed by atoms with Gasteiger partial charge in [-0.05, 0) is 55.3 Å². The third kappa shape index (κ3) is 3.84. The Bertz CT molecular complexity index is 809. The first-order valence-electron chi connectivity index (χ1n) is 9.70. The van der Waals surface area contributed by atoms with Crippen LogP contribution >= 0.6 is 0 Å². The van der Waals surface area contributed by atoms with Gasteiger partial charge in [-0.1, -0.05) is 48.5 Å². The number of nitrogens with zero attached hydrogens (tertiary/aromatic N) is 1. The van der Waals surface area contributed by atoms with Crippen molar-refractivity contribution in [2.45, 2.75) is 32.2 Å². The minimum Gasteiger partial charge on any atom is -0.396 e. The number of aryl methyl sites for hydroxylation is 1. The molecule has 1 unspecified atom stereocenters. The summed E-state index contributed by atoms with van der Waals surface area (Å²) in [5, 5.41) is 11.5. The summed E-state index contributed by atoms with van der Waals surface area (Å²) in [5.74, 6) is 0. The highest BCUT2D eigenvalue weighted by molar-refractivity contribution is 5.80. The van der Waals surface area contributed by atoms with Crippen molar-refractivity contribution in [2.75, 3.05) is 19.7 Å². The van der Waals surface area contributed by atoms with Gasteiger partial charge in [0.15, 0.2) is 0 Å². The number of aliphatic hydroxyl groups excluding tert-OH is 1. The van der Waals surface area contributed by atoms with Gasteiger partial charge in [0.2, 0.25) is 0 Å². The Balaban J connectivity index is 1.43. The van der Waals surface area contributed by atoms with E-state index in [0.717, 1.165) is 45.3 Å². The zero-order chi connectivity index (χ0) is 17.8. The van der Waals surface area contributed by atoms with Crippen molar-refractivity contribution in [2.24, 2.45) is 5.41 Å². The zero-order valence-corrected chi connectivity index (χ0v) is 15.3. The molecule has 2 N–H and O–H groups in total. The number of piperidine rings is 1. The van der Waals surface area contributed by atoms with Gasteiger partial charge in [0, 0.05) is 36.3 Å². The summed E-state index contributed by atoms with van der Waals surface area (Å²) in [5.41, 5.74) is 3.87. The van der Waals surface area contributed by atoms with Gasteiger partial charge >= 0.3 is 0 Å². The number of hydrogen-bond donors (Lipinski definition) is 2. The van der Waals surface area contributed by atoms with Crippen LogP contribution in [0.15, 0.2) is 60.7 Å². The van der Waals surface area contributed by atoms with Crippen LogP contribution in [-0.4, -0.2) is 34.7 Å². The maximum absolute atomic E-state index is 10.2. The van der Waals surface area contributed by atoms with Crippen molar-refractivity contribution >= 4 is 10.9 Å². The van der Waals surface area contributed by atoms with Gasteiger partial charge < -0.3 is 10.1 Å². The quantitative estimate of drug-likeness (QED) is 0.694. The molecular formula is C23H28N2O. The minimum absolute atomic E-state index is 0.0279. The van der Waals surface area contributed by atoms with E-state index in [1.54, 1.807) is 0 Å². The van der Waals surface area contributed by atoms with Crippen LogP contribution in [-0.2, 0) is 13.0 Å². The predicted molar refractivity (Wildman–Crippen MR) is 107 cm³/mol. The smallest absolute Gasteiger partial charge is 0.0499 e. The van der Waals surface area contributed by atoms with Crippen LogP contribution in [0.4, 0.5) is 0 Å². The molecule has 0 amide bonds. The highest BCUT2D eigenvalue weighted by Gasteiger charge is 2.34. The Morgan fingerprint density at radius 3 is 2.65 bits per heavy atom. The van der Waals surface area contributed by atoms with E-state index < -0.39 is 0 Å². The lowest BCUT2D eigenvalue weighted by molar-refractivity contribution is 0.0220. The Hall–Kier alpha value is -2.10. The molecule has 26 heavy (non-hydrogen) atoms. The van der Waals surface area contributed by atoms with Gasteiger partial charge in [-0.3, -0.25) is 4.90 Å². The molecule has 136 valence electrons. The molecule has 0 spiro atoms. The third-order valence-electron chi connectivity index (χ3n) is 5.84. The Labute approximate surface area is 155 Å². The molecule has 1 aliphatic heterocycles. The second kappa shape index (κ2) is 7.65. The topological polar surface area (TPSA) is 39.3 Å². The van der Waals surface area contributed by atoms with Crippen molar-refractivity contribution in [3.05, 3.63) is 71.9 Å². The lowest BCUT2D eigenvalue weighted by Crippen LogP contribution is -2.45. The number of aromatic amines is 1. The van der Waals surface area contributed by atoms with Gasteiger partial charge in [0.1, 0.15) is 0 Å². The molecule has 1 atom stereocenters. The van der Waals surface area contributed by atoms with E-state index in [2.05, 4.69) is 70.5 Å². The molecule has 2 aromatic carbocycles. The van der Waals surface area contributed by atoms with E-state index in [9.17, 15) is 5.11 Å². The second-order valence-electron chi connectivity index (χ2n) is 7.84. The number of rotatable bonds is 6. The molecule has 2 heterocycles. The van der Waals surface area contributed by atoms with E-state index in [-0.39, 0.29) is 12.0 Å². The van der Waals surface area contributed by atoms with E-state index in [1.165, 1.54) is 22.2 Å². The van der Waals surface area contributed by atoms with Gasteiger partial charge in [0.25, 0.3) is 0 Å². The maximum Gasteiger partial charge on any atom is 0.0499 e. The molecule has 0 saturated carbocycles. The van der Waals surface area contributed by atoms with E-state index in [4.69, 9.17) is 0 Å². The van der Waals surface area contributed by atoms with Crippen molar-refractivity contribution in [1.29, 1.82) is 0 Å². The fraction of sp³-hybridized carbons (Fsp3) is 0.391. The number of para-hydroxylation sites is 1. The molecule has 3 aromatic rings. The number of nitrogens with one attached hydrogen (secondary N) is 1. The zero-order valence-electron chi connectivity index (χ0n) is 15.3. The lowest BCUT2D eigenvalue weighted by Gasteiger charge is -2.42. The average molecular weight is 348 g/mol. The van der Waals surface area contributed by atoms with E-state index in [0.29, 0.717) is 0 Å². The molecule has 3 heteroatoms. The number of aliphatic hydroxyl groups is 1. The molecular weight excluding hydrogens is 320 g/mol. The molecule has 0 bridgehead atoms. The Kier molecular flexibility index (Phi) is 5.09. The molecule has 1 saturated heterocycles. The van der Waals surface area contributed by atoms with Crippen LogP contribution in [0, 0.1) is 5.41 Å².